The summed E-state index contributed by atoms with van der Waals surface area (Å²) in [7, 11) is 0. The Morgan fingerprint density at radius 3 is 2.43 bits per heavy atom. The number of aliphatic hydroxyl groups is 2. The van der Waals surface area contributed by atoms with Crippen molar-refractivity contribution in [3.8, 4) is 6.07 Å². The number of nitrogens with one attached hydrogen (secondary N) is 1. The number of aliphatic hydroxyl groups excluding tert-OH is 2. The van der Waals surface area contributed by atoms with E-state index in [-0.39, 0.29) is 31.9 Å². The lowest BCUT2D eigenvalue weighted by Gasteiger charge is -2.20. The van der Waals surface area contributed by atoms with Gasteiger partial charge in [0, 0.05) is 19.3 Å². The molecule has 1 aromatic carbocycles. The van der Waals surface area contributed by atoms with Crippen molar-refractivity contribution in [2.24, 2.45) is 0 Å². The normalized spacial score (nSPS) is 11.0. The second kappa shape index (κ2) is 9.16. The van der Waals surface area contributed by atoms with Gasteiger partial charge in [-0.1, -0.05) is 17.7 Å². The molecule has 1 aromatic rings. The monoisotopic (exact) mass is 337 g/mol. The smallest absolute Gasteiger partial charge is 0.266 e. The van der Waals surface area contributed by atoms with Gasteiger partial charge in [-0.15, -0.1) is 0 Å². The van der Waals surface area contributed by atoms with Crippen molar-refractivity contribution in [1.29, 1.82) is 5.26 Å². The molecule has 0 atom stereocenters. The van der Waals surface area contributed by atoms with Gasteiger partial charge in [-0.25, -0.2) is 0 Å². The molecule has 7 heteroatoms. The zero-order valence-electron chi connectivity index (χ0n) is 13.1. The van der Waals surface area contributed by atoms with Crippen molar-refractivity contribution < 1.29 is 15.0 Å². The Labute approximate surface area is 140 Å². The van der Waals surface area contributed by atoms with Crippen molar-refractivity contribution in [2.45, 2.75) is 13.8 Å². The lowest BCUT2D eigenvalue weighted by molar-refractivity contribution is -0.127. The Hall–Kier alpha value is -2.07. The molecule has 0 aliphatic carbocycles. The highest BCUT2D eigenvalue weighted by molar-refractivity contribution is 6.33. The van der Waals surface area contributed by atoms with Crippen LogP contribution in [0.25, 0.3) is 0 Å². The standard InChI is InChI=1S/C16H20ClN3O3/c1-11-7-12(2)15(14(17)8-11)19-10-13(9-18)16(23)20(3-5-21)4-6-22/h7-8,10,19,21-22H,3-6H2,1-2H3/b13-10-. The van der Waals surface area contributed by atoms with E-state index in [0.717, 1.165) is 11.1 Å². The number of carbonyl (C=O) groups is 1. The predicted molar refractivity (Wildman–Crippen MR) is 89.0 cm³/mol. The molecule has 0 spiro atoms. The maximum Gasteiger partial charge on any atom is 0.266 e. The molecule has 0 saturated heterocycles. The van der Waals surface area contributed by atoms with Crippen LogP contribution in [0.2, 0.25) is 5.02 Å². The summed E-state index contributed by atoms with van der Waals surface area (Å²) in [5.74, 6) is -0.566. The summed E-state index contributed by atoms with van der Waals surface area (Å²) in [6.07, 6.45) is 1.29. The molecular formula is C16H20ClN3O3. The summed E-state index contributed by atoms with van der Waals surface area (Å²) in [6.45, 7) is 3.38. The summed E-state index contributed by atoms with van der Waals surface area (Å²) in [5.41, 5.74) is 2.38. The maximum atomic E-state index is 12.2. The third-order valence-corrected chi connectivity index (χ3v) is 3.47. The summed E-state index contributed by atoms with van der Waals surface area (Å²) in [6, 6.07) is 5.53. The first-order valence-electron chi connectivity index (χ1n) is 7.09. The van der Waals surface area contributed by atoms with Gasteiger partial charge in [0.1, 0.15) is 11.6 Å². The average molecular weight is 338 g/mol. The zero-order valence-corrected chi connectivity index (χ0v) is 13.9. The number of hydrogen-bond acceptors (Lipinski definition) is 5. The minimum atomic E-state index is -0.566. The predicted octanol–water partition coefficient (Wildman–Crippen LogP) is 1.59. The summed E-state index contributed by atoms with van der Waals surface area (Å²) in [4.78, 5) is 13.4. The number of nitrogens with zero attached hydrogens (tertiary/aromatic N) is 2. The second-order valence-electron chi connectivity index (χ2n) is 4.99. The molecule has 6 nitrogen and oxygen atoms in total. The molecule has 0 aliphatic heterocycles. The molecule has 1 amide bonds. The summed E-state index contributed by atoms with van der Waals surface area (Å²) in [5, 5.41) is 30.5. The maximum absolute atomic E-state index is 12.2. The van der Waals surface area contributed by atoms with Crippen LogP contribution in [0.3, 0.4) is 0 Å². The van der Waals surface area contributed by atoms with Gasteiger partial charge in [0.15, 0.2) is 0 Å². The van der Waals surface area contributed by atoms with E-state index in [1.54, 1.807) is 6.07 Å². The van der Waals surface area contributed by atoms with Gasteiger partial charge in [0.2, 0.25) is 0 Å². The molecule has 0 unspecified atom stereocenters. The van der Waals surface area contributed by atoms with Gasteiger partial charge in [-0.05, 0) is 31.0 Å². The van der Waals surface area contributed by atoms with Gasteiger partial charge >= 0.3 is 0 Å². The van der Waals surface area contributed by atoms with E-state index >= 15 is 0 Å². The Kier molecular flexibility index (Phi) is 7.55. The van der Waals surface area contributed by atoms with E-state index in [1.807, 2.05) is 26.0 Å². The third kappa shape index (κ3) is 5.25. The number of anilines is 1. The van der Waals surface area contributed by atoms with Crippen molar-refractivity contribution in [1.82, 2.24) is 4.90 Å². The van der Waals surface area contributed by atoms with E-state index in [0.29, 0.717) is 10.7 Å². The van der Waals surface area contributed by atoms with Crippen LogP contribution >= 0.6 is 11.6 Å². The van der Waals surface area contributed by atoms with E-state index in [4.69, 9.17) is 21.8 Å². The minimum absolute atomic E-state index is 0.0444. The first-order chi connectivity index (χ1) is 10.9. The van der Waals surface area contributed by atoms with Crippen LogP contribution in [0.15, 0.2) is 23.9 Å². The molecule has 0 heterocycles. The third-order valence-electron chi connectivity index (χ3n) is 3.17. The average Bonchev–Trinajstić information content (AvgIpc) is 2.49. The first-order valence-corrected chi connectivity index (χ1v) is 7.47. The Bertz CT molecular complexity index is 609. The van der Waals surface area contributed by atoms with Crippen LogP contribution in [0.4, 0.5) is 5.69 Å². The van der Waals surface area contributed by atoms with Crippen LogP contribution in [-0.4, -0.2) is 47.3 Å². The van der Waals surface area contributed by atoms with Gasteiger partial charge in [-0.2, -0.15) is 5.26 Å². The lowest BCUT2D eigenvalue weighted by Crippen LogP contribution is -2.36. The van der Waals surface area contributed by atoms with Crippen LogP contribution < -0.4 is 5.32 Å². The molecule has 0 bridgehead atoms. The number of hydrogen-bond donors (Lipinski definition) is 3. The Morgan fingerprint density at radius 2 is 1.96 bits per heavy atom. The molecule has 0 fully saturated rings. The number of rotatable bonds is 7. The van der Waals surface area contributed by atoms with Crippen molar-refractivity contribution in [3.05, 3.63) is 40.1 Å². The van der Waals surface area contributed by atoms with Crippen molar-refractivity contribution in [2.75, 3.05) is 31.6 Å². The molecule has 1 rings (SSSR count). The van der Waals surface area contributed by atoms with Gasteiger partial charge in [0.05, 0.1) is 23.9 Å². The van der Waals surface area contributed by atoms with Gasteiger partial charge < -0.3 is 20.4 Å². The molecule has 0 aromatic heterocycles. The van der Waals surface area contributed by atoms with Gasteiger partial charge in [0.25, 0.3) is 5.91 Å². The summed E-state index contributed by atoms with van der Waals surface area (Å²) < 4.78 is 0. The zero-order chi connectivity index (χ0) is 17.4. The van der Waals surface area contributed by atoms with Crippen LogP contribution in [0.1, 0.15) is 11.1 Å². The quantitative estimate of drug-likeness (QED) is 0.518. The molecule has 124 valence electrons. The molecule has 23 heavy (non-hydrogen) atoms. The van der Waals surface area contributed by atoms with E-state index in [1.165, 1.54) is 11.1 Å². The number of amides is 1. The SMILES string of the molecule is Cc1cc(C)c(N/C=C(/C#N)C(=O)N(CCO)CCO)c(Cl)c1. The molecule has 0 saturated carbocycles. The Morgan fingerprint density at radius 1 is 1.35 bits per heavy atom. The molecule has 0 radical (unpaired) electrons. The van der Waals surface area contributed by atoms with E-state index in [2.05, 4.69) is 5.32 Å². The minimum Gasteiger partial charge on any atom is -0.395 e. The van der Waals surface area contributed by atoms with E-state index < -0.39 is 5.91 Å². The number of halogens is 1. The highest BCUT2D eigenvalue weighted by Gasteiger charge is 2.17. The highest BCUT2D eigenvalue weighted by atomic mass is 35.5. The second-order valence-corrected chi connectivity index (χ2v) is 5.40. The first kappa shape index (κ1) is 19.0. The fourth-order valence-corrected chi connectivity index (χ4v) is 2.49. The van der Waals surface area contributed by atoms with Crippen molar-refractivity contribution in [3.63, 3.8) is 0 Å². The number of aryl methyl sites for hydroxylation is 2. The fraction of sp³-hybridized carbons (Fsp3) is 0.375. The Balaban J connectivity index is 3.00. The van der Waals surface area contributed by atoms with Gasteiger partial charge in [-0.3, -0.25) is 4.79 Å². The van der Waals surface area contributed by atoms with Crippen LogP contribution in [0, 0.1) is 25.2 Å². The largest absolute Gasteiger partial charge is 0.395 e. The fourth-order valence-electron chi connectivity index (χ4n) is 2.11. The summed E-state index contributed by atoms with van der Waals surface area (Å²) >= 11 is 6.17. The molecular weight excluding hydrogens is 318 g/mol. The number of nitriles is 1. The van der Waals surface area contributed by atoms with Crippen LogP contribution in [-0.2, 0) is 4.79 Å². The topological polar surface area (TPSA) is 96.6 Å². The number of benzene rings is 1. The van der Waals surface area contributed by atoms with E-state index in [9.17, 15) is 10.1 Å². The molecule has 0 aliphatic rings. The highest BCUT2D eigenvalue weighted by Crippen LogP contribution is 2.27. The lowest BCUT2D eigenvalue weighted by atomic mass is 10.1. The molecule has 3 N–H and O–H groups in total. The van der Waals surface area contributed by atoms with Crippen molar-refractivity contribution >= 4 is 23.2 Å². The number of carbonyl (C=O) groups excluding carboxylic acids is 1. The van der Waals surface area contributed by atoms with Crippen LogP contribution in [0.5, 0.6) is 0 Å².